The van der Waals surface area contributed by atoms with E-state index in [4.69, 9.17) is 0 Å². The number of nitrogens with one attached hydrogen (secondary N) is 1. The van der Waals surface area contributed by atoms with Gasteiger partial charge in [-0.25, -0.2) is 4.98 Å². The fraction of sp³-hybridized carbons (Fsp3) is 0.444. The normalized spacial score (nSPS) is 18.2. The summed E-state index contributed by atoms with van der Waals surface area (Å²) in [5.74, 6) is 0.0917. The second kappa shape index (κ2) is 7.77. The molecule has 2 aromatic rings. The maximum absolute atomic E-state index is 12.6. The lowest BCUT2D eigenvalue weighted by molar-refractivity contribution is -0.126. The summed E-state index contributed by atoms with van der Waals surface area (Å²) in [6.45, 7) is 7.62. The number of piperazine rings is 1. The first kappa shape index (κ1) is 16.9. The van der Waals surface area contributed by atoms with Crippen molar-refractivity contribution in [3.05, 3.63) is 47.5 Å². The summed E-state index contributed by atoms with van der Waals surface area (Å²) in [5.41, 5.74) is 1.13. The van der Waals surface area contributed by atoms with Gasteiger partial charge in [-0.3, -0.25) is 9.69 Å². The summed E-state index contributed by atoms with van der Waals surface area (Å²) in [7, 11) is 0. The molecule has 1 saturated heterocycles. The number of nitrogens with zero attached hydrogens (tertiary/aromatic N) is 3. The highest BCUT2D eigenvalue weighted by Crippen LogP contribution is 2.20. The number of amides is 1. The van der Waals surface area contributed by atoms with Crippen molar-refractivity contribution in [1.82, 2.24) is 15.2 Å². The minimum absolute atomic E-state index is 0.0257. The molecule has 2 unspecified atom stereocenters. The minimum Gasteiger partial charge on any atom is -0.348 e. The van der Waals surface area contributed by atoms with Crippen LogP contribution in [0.4, 0.5) is 5.13 Å². The maximum atomic E-state index is 12.6. The van der Waals surface area contributed by atoms with Gasteiger partial charge in [0.15, 0.2) is 5.13 Å². The van der Waals surface area contributed by atoms with Gasteiger partial charge < -0.3 is 10.2 Å². The zero-order chi connectivity index (χ0) is 16.9. The molecule has 0 spiro atoms. The molecule has 0 aliphatic carbocycles. The number of carbonyl (C=O) groups is 1. The van der Waals surface area contributed by atoms with E-state index in [1.165, 1.54) is 0 Å². The number of carbonyl (C=O) groups excluding carboxylic acids is 1. The van der Waals surface area contributed by atoms with Gasteiger partial charge in [0.1, 0.15) is 0 Å². The maximum Gasteiger partial charge on any atom is 0.237 e. The predicted octanol–water partition coefficient (Wildman–Crippen LogP) is 2.53. The van der Waals surface area contributed by atoms with Crippen LogP contribution in [0.2, 0.25) is 0 Å². The highest BCUT2D eigenvalue weighted by molar-refractivity contribution is 7.13. The van der Waals surface area contributed by atoms with Gasteiger partial charge in [0.2, 0.25) is 5.91 Å². The number of hydrogen-bond donors (Lipinski definition) is 1. The Kier molecular flexibility index (Phi) is 5.48. The molecule has 1 aromatic carbocycles. The number of benzene rings is 1. The van der Waals surface area contributed by atoms with Crippen LogP contribution in [0, 0.1) is 0 Å². The number of thiazole rings is 1. The molecular formula is C18H24N4OS. The standard InChI is InChI=1S/C18H24N4OS/c1-14(16-6-4-3-5-7-16)20-17(23)15(2)21-9-11-22(12-10-21)18-19-8-13-24-18/h3-8,13-15H,9-12H2,1-2H3,(H,20,23). The number of aromatic nitrogens is 1. The SMILES string of the molecule is CC(NC(=O)C(C)N1CCN(c2nccs2)CC1)c1ccccc1. The van der Waals surface area contributed by atoms with E-state index in [9.17, 15) is 4.79 Å². The average Bonchev–Trinajstić information content (AvgIpc) is 3.16. The van der Waals surface area contributed by atoms with Crippen LogP contribution in [-0.2, 0) is 4.79 Å². The van der Waals surface area contributed by atoms with E-state index in [0.29, 0.717) is 0 Å². The smallest absolute Gasteiger partial charge is 0.237 e. The van der Waals surface area contributed by atoms with Gasteiger partial charge in [-0.05, 0) is 19.4 Å². The lowest BCUT2D eigenvalue weighted by Gasteiger charge is -2.37. The first-order chi connectivity index (χ1) is 11.6. The van der Waals surface area contributed by atoms with E-state index >= 15 is 0 Å². The Labute approximate surface area is 147 Å². The third-order valence-electron chi connectivity index (χ3n) is 4.59. The molecule has 24 heavy (non-hydrogen) atoms. The fourth-order valence-electron chi connectivity index (χ4n) is 3.00. The second-order valence-electron chi connectivity index (χ2n) is 6.15. The third-order valence-corrected chi connectivity index (χ3v) is 5.42. The Morgan fingerprint density at radius 2 is 1.88 bits per heavy atom. The second-order valence-corrected chi connectivity index (χ2v) is 7.03. The quantitative estimate of drug-likeness (QED) is 0.905. The topological polar surface area (TPSA) is 48.5 Å². The monoisotopic (exact) mass is 344 g/mol. The zero-order valence-electron chi connectivity index (χ0n) is 14.2. The van der Waals surface area contributed by atoms with Gasteiger partial charge in [-0.1, -0.05) is 30.3 Å². The van der Waals surface area contributed by atoms with E-state index in [0.717, 1.165) is 36.9 Å². The number of hydrogen-bond acceptors (Lipinski definition) is 5. The molecule has 1 aliphatic rings. The summed E-state index contributed by atoms with van der Waals surface area (Å²) >= 11 is 1.67. The van der Waals surface area contributed by atoms with Gasteiger partial charge >= 0.3 is 0 Å². The van der Waals surface area contributed by atoms with Crippen molar-refractivity contribution in [2.45, 2.75) is 25.9 Å². The molecule has 1 amide bonds. The largest absolute Gasteiger partial charge is 0.348 e. The van der Waals surface area contributed by atoms with Gasteiger partial charge in [-0.15, -0.1) is 11.3 Å². The Morgan fingerprint density at radius 3 is 2.50 bits per heavy atom. The van der Waals surface area contributed by atoms with Crippen molar-refractivity contribution in [2.24, 2.45) is 0 Å². The summed E-state index contributed by atoms with van der Waals surface area (Å²) in [6, 6.07) is 9.98. The Balaban J connectivity index is 1.51. The van der Waals surface area contributed by atoms with Crippen LogP contribution in [0.5, 0.6) is 0 Å². The van der Waals surface area contributed by atoms with Crippen molar-refractivity contribution in [3.8, 4) is 0 Å². The third kappa shape index (κ3) is 3.94. The minimum atomic E-state index is -0.116. The Hall–Kier alpha value is -1.92. The molecule has 0 bridgehead atoms. The van der Waals surface area contributed by atoms with Crippen LogP contribution in [-0.4, -0.2) is 48.0 Å². The van der Waals surface area contributed by atoms with Crippen molar-refractivity contribution in [1.29, 1.82) is 0 Å². The van der Waals surface area contributed by atoms with Crippen LogP contribution in [0.3, 0.4) is 0 Å². The van der Waals surface area contributed by atoms with E-state index in [-0.39, 0.29) is 18.0 Å². The Bertz CT molecular complexity index is 638. The van der Waals surface area contributed by atoms with Crippen molar-refractivity contribution in [2.75, 3.05) is 31.1 Å². The fourth-order valence-corrected chi connectivity index (χ4v) is 3.69. The van der Waals surface area contributed by atoms with E-state index in [2.05, 4.69) is 20.1 Å². The van der Waals surface area contributed by atoms with Crippen LogP contribution in [0.1, 0.15) is 25.5 Å². The lowest BCUT2D eigenvalue weighted by Crippen LogP contribution is -2.54. The number of anilines is 1. The lowest BCUT2D eigenvalue weighted by atomic mass is 10.1. The molecular weight excluding hydrogens is 320 g/mol. The van der Waals surface area contributed by atoms with Gasteiger partial charge in [0, 0.05) is 37.8 Å². The molecule has 1 fully saturated rings. The molecule has 1 N–H and O–H groups in total. The predicted molar refractivity (Wildman–Crippen MR) is 98.4 cm³/mol. The van der Waals surface area contributed by atoms with Gasteiger partial charge in [0.05, 0.1) is 12.1 Å². The number of rotatable bonds is 5. The van der Waals surface area contributed by atoms with Crippen LogP contribution in [0.15, 0.2) is 41.9 Å². The first-order valence-electron chi connectivity index (χ1n) is 8.39. The molecule has 1 aliphatic heterocycles. The van der Waals surface area contributed by atoms with Crippen LogP contribution < -0.4 is 10.2 Å². The van der Waals surface area contributed by atoms with Gasteiger partial charge in [0.25, 0.3) is 0 Å². The van der Waals surface area contributed by atoms with Crippen LogP contribution >= 0.6 is 11.3 Å². The average molecular weight is 344 g/mol. The molecule has 2 atom stereocenters. The van der Waals surface area contributed by atoms with Crippen molar-refractivity contribution in [3.63, 3.8) is 0 Å². The summed E-state index contributed by atoms with van der Waals surface area (Å²) in [5, 5.41) is 6.20. The summed E-state index contributed by atoms with van der Waals surface area (Å²) in [4.78, 5) is 21.5. The van der Waals surface area contributed by atoms with Crippen molar-refractivity contribution >= 4 is 22.4 Å². The Morgan fingerprint density at radius 1 is 1.17 bits per heavy atom. The molecule has 2 heterocycles. The molecule has 6 heteroatoms. The molecule has 128 valence electrons. The molecule has 3 rings (SSSR count). The molecule has 0 radical (unpaired) electrons. The van der Waals surface area contributed by atoms with Gasteiger partial charge in [-0.2, -0.15) is 0 Å². The molecule has 1 aromatic heterocycles. The zero-order valence-corrected chi connectivity index (χ0v) is 15.0. The van der Waals surface area contributed by atoms with Crippen molar-refractivity contribution < 1.29 is 4.79 Å². The molecule has 5 nitrogen and oxygen atoms in total. The van der Waals surface area contributed by atoms with E-state index < -0.39 is 0 Å². The summed E-state index contributed by atoms with van der Waals surface area (Å²) < 4.78 is 0. The first-order valence-corrected chi connectivity index (χ1v) is 9.27. The van der Waals surface area contributed by atoms with Crippen LogP contribution in [0.25, 0.3) is 0 Å². The highest BCUT2D eigenvalue weighted by atomic mass is 32.1. The summed E-state index contributed by atoms with van der Waals surface area (Å²) in [6.07, 6.45) is 1.84. The van der Waals surface area contributed by atoms with E-state index in [1.54, 1.807) is 11.3 Å². The molecule has 0 saturated carbocycles. The van der Waals surface area contributed by atoms with E-state index in [1.807, 2.05) is 55.8 Å². The highest BCUT2D eigenvalue weighted by Gasteiger charge is 2.27.